The maximum absolute atomic E-state index is 10.5. The lowest BCUT2D eigenvalue weighted by Crippen LogP contribution is -2.36. The van der Waals surface area contributed by atoms with E-state index in [1.807, 2.05) is 0 Å². The van der Waals surface area contributed by atoms with Crippen LogP contribution in [0.4, 0.5) is 0 Å². The highest BCUT2D eigenvalue weighted by atomic mass is 16.6. The van der Waals surface area contributed by atoms with E-state index in [0.717, 1.165) is 19.6 Å². The molecule has 3 nitrogen and oxygen atoms in total. The molecule has 11 heavy (non-hydrogen) atoms. The predicted molar refractivity (Wildman–Crippen MR) is 40.5 cm³/mol. The minimum Gasteiger partial charge on any atom is -0.376 e. The molecule has 0 amide bonds. The highest BCUT2D eigenvalue weighted by molar-refractivity contribution is 5.75. The summed E-state index contributed by atoms with van der Waals surface area (Å²) >= 11 is 0. The van der Waals surface area contributed by atoms with Crippen LogP contribution in [0.1, 0.15) is 19.8 Å². The molecule has 0 aromatic heterocycles. The van der Waals surface area contributed by atoms with Crippen molar-refractivity contribution in [1.29, 1.82) is 0 Å². The SMILES string of the molecule is CC(=O)CCCOC1COC1. The van der Waals surface area contributed by atoms with Gasteiger partial charge < -0.3 is 14.3 Å². The van der Waals surface area contributed by atoms with Crippen molar-refractivity contribution in [3.05, 3.63) is 0 Å². The van der Waals surface area contributed by atoms with Gasteiger partial charge in [-0.25, -0.2) is 0 Å². The van der Waals surface area contributed by atoms with Crippen molar-refractivity contribution in [2.45, 2.75) is 25.9 Å². The van der Waals surface area contributed by atoms with Crippen LogP contribution in [0.5, 0.6) is 0 Å². The van der Waals surface area contributed by atoms with Crippen LogP contribution >= 0.6 is 0 Å². The summed E-state index contributed by atoms with van der Waals surface area (Å²) in [4.78, 5) is 10.5. The number of Topliss-reactive ketones (excluding diaryl/α,β-unsaturated/α-hetero) is 1. The molecule has 0 aromatic rings. The van der Waals surface area contributed by atoms with E-state index in [1.54, 1.807) is 6.92 Å². The summed E-state index contributed by atoms with van der Waals surface area (Å²) in [5.41, 5.74) is 0. The second-order valence-electron chi connectivity index (χ2n) is 2.84. The first-order valence-corrected chi connectivity index (χ1v) is 3.98. The van der Waals surface area contributed by atoms with Crippen LogP contribution < -0.4 is 0 Å². The van der Waals surface area contributed by atoms with Crippen molar-refractivity contribution in [2.24, 2.45) is 0 Å². The van der Waals surface area contributed by atoms with Crippen molar-refractivity contribution in [2.75, 3.05) is 19.8 Å². The van der Waals surface area contributed by atoms with Crippen molar-refractivity contribution in [1.82, 2.24) is 0 Å². The molecule has 1 rings (SSSR count). The smallest absolute Gasteiger partial charge is 0.129 e. The van der Waals surface area contributed by atoms with Gasteiger partial charge in [0.05, 0.1) is 13.2 Å². The first-order valence-electron chi connectivity index (χ1n) is 3.98. The molecule has 1 aliphatic rings. The largest absolute Gasteiger partial charge is 0.376 e. The molecule has 3 heteroatoms. The van der Waals surface area contributed by atoms with Crippen molar-refractivity contribution in [3.8, 4) is 0 Å². The first-order chi connectivity index (χ1) is 5.29. The topological polar surface area (TPSA) is 35.5 Å². The maximum atomic E-state index is 10.5. The number of carbonyl (C=O) groups is 1. The maximum Gasteiger partial charge on any atom is 0.129 e. The molecule has 1 saturated heterocycles. The van der Waals surface area contributed by atoms with Crippen LogP contribution in [-0.4, -0.2) is 31.7 Å². The van der Waals surface area contributed by atoms with Gasteiger partial charge >= 0.3 is 0 Å². The van der Waals surface area contributed by atoms with E-state index in [-0.39, 0.29) is 5.78 Å². The Bertz CT molecular complexity index is 129. The number of rotatable bonds is 5. The summed E-state index contributed by atoms with van der Waals surface area (Å²) in [7, 11) is 0. The third-order valence-electron chi connectivity index (χ3n) is 1.63. The normalized spacial score (nSPS) is 17.9. The second kappa shape index (κ2) is 4.46. The molecule has 0 unspecified atom stereocenters. The highest BCUT2D eigenvalue weighted by Crippen LogP contribution is 2.05. The van der Waals surface area contributed by atoms with E-state index in [1.165, 1.54) is 0 Å². The third kappa shape index (κ3) is 3.49. The van der Waals surface area contributed by atoms with E-state index in [0.29, 0.717) is 19.1 Å². The molecule has 0 atom stereocenters. The molecular formula is C8H14O3. The van der Waals surface area contributed by atoms with Gasteiger partial charge in [0.15, 0.2) is 0 Å². The molecule has 0 bridgehead atoms. The molecule has 0 radical (unpaired) electrons. The summed E-state index contributed by atoms with van der Waals surface area (Å²) in [5.74, 6) is 0.235. The van der Waals surface area contributed by atoms with Crippen molar-refractivity contribution >= 4 is 5.78 Å². The Kier molecular flexibility index (Phi) is 3.52. The molecule has 0 spiro atoms. The van der Waals surface area contributed by atoms with Crippen molar-refractivity contribution in [3.63, 3.8) is 0 Å². The molecular weight excluding hydrogens is 144 g/mol. The minimum atomic E-state index is 0.235. The zero-order valence-corrected chi connectivity index (χ0v) is 6.84. The molecule has 0 saturated carbocycles. The molecule has 64 valence electrons. The number of ether oxygens (including phenoxy) is 2. The summed E-state index contributed by atoms with van der Waals surface area (Å²) < 4.78 is 10.3. The lowest BCUT2D eigenvalue weighted by atomic mass is 10.2. The van der Waals surface area contributed by atoms with E-state index in [9.17, 15) is 4.79 Å². The monoisotopic (exact) mass is 158 g/mol. The standard InChI is InChI=1S/C8H14O3/c1-7(9)3-2-4-11-8-5-10-6-8/h8H,2-6H2,1H3. The van der Waals surface area contributed by atoms with Gasteiger partial charge in [-0.05, 0) is 13.3 Å². The fourth-order valence-electron chi connectivity index (χ4n) is 0.881. The Morgan fingerprint density at radius 2 is 2.36 bits per heavy atom. The zero-order chi connectivity index (χ0) is 8.10. The van der Waals surface area contributed by atoms with Crippen LogP contribution in [0.3, 0.4) is 0 Å². The van der Waals surface area contributed by atoms with Gasteiger partial charge in [0.2, 0.25) is 0 Å². The fraction of sp³-hybridized carbons (Fsp3) is 0.875. The molecule has 1 heterocycles. The number of carbonyl (C=O) groups excluding carboxylic acids is 1. The third-order valence-corrected chi connectivity index (χ3v) is 1.63. The Hall–Kier alpha value is -0.410. The van der Waals surface area contributed by atoms with Gasteiger partial charge in [-0.1, -0.05) is 0 Å². The molecule has 0 aliphatic carbocycles. The summed E-state index contributed by atoms with van der Waals surface area (Å²) in [6.45, 7) is 3.74. The lowest BCUT2D eigenvalue weighted by Gasteiger charge is -2.25. The summed E-state index contributed by atoms with van der Waals surface area (Å²) in [6, 6.07) is 0. The average Bonchev–Trinajstić information content (AvgIpc) is 1.82. The van der Waals surface area contributed by atoms with Crippen LogP contribution in [0.2, 0.25) is 0 Å². The van der Waals surface area contributed by atoms with Gasteiger partial charge in [0.25, 0.3) is 0 Å². The van der Waals surface area contributed by atoms with E-state index in [2.05, 4.69) is 0 Å². The van der Waals surface area contributed by atoms with Gasteiger partial charge in [0, 0.05) is 13.0 Å². The highest BCUT2D eigenvalue weighted by Gasteiger charge is 2.17. The zero-order valence-electron chi connectivity index (χ0n) is 6.84. The molecule has 1 aliphatic heterocycles. The molecule has 0 aromatic carbocycles. The Morgan fingerprint density at radius 1 is 1.64 bits per heavy atom. The summed E-state index contributed by atoms with van der Waals surface area (Å²) in [6.07, 6.45) is 1.77. The minimum absolute atomic E-state index is 0.235. The van der Waals surface area contributed by atoms with Crippen LogP contribution in [0, 0.1) is 0 Å². The summed E-state index contributed by atoms with van der Waals surface area (Å²) in [5, 5.41) is 0. The van der Waals surface area contributed by atoms with Gasteiger partial charge in [-0.3, -0.25) is 0 Å². The van der Waals surface area contributed by atoms with Gasteiger partial charge in [-0.2, -0.15) is 0 Å². The van der Waals surface area contributed by atoms with Crippen LogP contribution in [0.25, 0.3) is 0 Å². The Morgan fingerprint density at radius 3 is 2.82 bits per heavy atom. The molecule has 0 N–H and O–H groups in total. The van der Waals surface area contributed by atoms with Crippen LogP contribution in [-0.2, 0) is 14.3 Å². The second-order valence-corrected chi connectivity index (χ2v) is 2.84. The first kappa shape index (κ1) is 8.68. The Balaban J connectivity index is 1.83. The number of ketones is 1. The number of hydrogen-bond donors (Lipinski definition) is 0. The Labute approximate surface area is 66.7 Å². The van der Waals surface area contributed by atoms with Gasteiger partial charge in [-0.15, -0.1) is 0 Å². The number of hydrogen-bond acceptors (Lipinski definition) is 3. The predicted octanol–water partition coefficient (Wildman–Crippen LogP) is 0.771. The van der Waals surface area contributed by atoms with Gasteiger partial charge in [0.1, 0.15) is 11.9 Å². The average molecular weight is 158 g/mol. The van der Waals surface area contributed by atoms with Crippen molar-refractivity contribution < 1.29 is 14.3 Å². The lowest BCUT2D eigenvalue weighted by molar-refractivity contribution is -0.131. The quantitative estimate of drug-likeness (QED) is 0.554. The van der Waals surface area contributed by atoms with E-state index < -0.39 is 0 Å². The fourth-order valence-corrected chi connectivity index (χ4v) is 0.881. The molecule has 1 fully saturated rings. The van der Waals surface area contributed by atoms with E-state index >= 15 is 0 Å². The van der Waals surface area contributed by atoms with Crippen LogP contribution in [0.15, 0.2) is 0 Å². The van der Waals surface area contributed by atoms with E-state index in [4.69, 9.17) is 9.47 Å².